The topological polar surface area (TPSA) is 0 Å². The number of thiophene rings is 1. The minimum atomic E-state index is 0.831. The van der Waals surface area contributed by atoms with Crippen molar-refractivity contribution < 1.29 is 0 Å². The van der Waals surface area contributed by atoms with Gasteiger partial charge in [-0.15, -0.1) is 23.5 Å². The average molecular weight is 230 g/mol. The Bertz CT molecular complexity index is 253. The highest BCUT2D eigenvalue weighted by Crippen LogP contribution is 2.48. The van der Waals surface area contributed by atoms with E-state index in [1.807, 2.05) is 11.3 Å². The Morgan fingerprint density at radius 3 is 1.85 bits per heavy atom. The van der Waals surface area contributed by atoms with Crippen LogP contribution in [0.4, 0.5) is 0 Å². The molecular weight excluding hydrogens is 216 g/mol. The van der Waals surface area contributed by atoms with E-state index >= 15 is 0 Å². The third-order valence-corrected chi connectivity index (χ3v) is 6.83. The van der Waals surface area contributed by atoms with Gasteiger partial charge in [-0.05, 0) is 12.8 Å². The molecule has 0 amide bonds. The fraction of sp³-hybridized carbons (Fsp3) is 0.600. The molecule has 0 spiro atoms. The summed E-state index contributed by atoms with van der Waals surface area (Å²) >= 11 is 6.01. The zero-order valence-corrected chi connectivity index (χ0v) is 10.4. The van der Waals surface area contributed by atoms with Gasteiger partial charge >= 0.3 is 0 Å². The normalized spacial score (nSPS) is 27.2. The molecule has 0 saturated carbocycles. The van der Waals surface area contributed by atoms with E-state index in [0.29, 0.717) is 0 Å². The van der Waals surface area contributed by atoms with Crippen LogP contribution in [0, 0.1) is 0 Å². The van der Waals surface area contributed by atoms with Crippen LogP contribution in [0.2, 0.25) is 0 Å². The fourth-order valence-electron chi connectivity index (χ4n) is 1.62. The van der Waals surface area contributed by atoms with Crippen LogP contribution in [-0.4, -0.2) is 10.5 Å². The quantitative estimate of drug-likeness (QED) is 0.733. The van der Waals surface area contributed by atoms with Crippen LogP contribution >= 0.6 is 34.9 Å². The summed E-state index contributed by atoms with van der Waals surface area (Å²) in [5.41, 5.74) is 0. The smallest absolute Gasteiger partial charge is 0.0318 e. The molecule has 1 aromatic rings. The van der Waals surface area contributed by atoms with E-state index < -0.39 is 0 Å². The zero-order chi connectivity index (χ0) is 9.26. The molecule has 0 aromatic carbocycles. The second kappa shape index (κ2) is 4.28. The number of fused-ring (bicyclic) bond motifs is 1. The lowest BCUT2D eigenvalue weighted by Gasteiger charge is -2.28. The van der Waals surface area contributed by atoms with Gasteiger partial charge in [0, 0.05) is 31.1 Å². The second-order valence-electron chi connectivity index (χ2n) is 3.23. The minimum Gasteiger partial charge on any atom is -0.150 e. The van der Waals surface area contributed by atoms with Crippen molar-refractivity contribution in [2.24, 2.45) is 0 Å². The number of thioether (sulfide) groups is 2. The largest absolute Gasteiger partial charge is 0.150 e. The van der Waals surface area contributed by atoms with Gasteiger partial charge in [-0.1, -0.05) is 13.8 Å². The highest BCUT2D eigenvalue weighted by Gasteiger charge is 2.27. The van der Waals surface area contributed by atoms with Gasteiger partial charge in [-0.3, -0.25) is 0 Å². The molecule has 0 bridgehead atoms. The highest BCUT2D eigenvalue weighted by atomic mass is 32.2. The Labute approximate surface area is 92.5 Å². The summed E-state index contributed by atoms with van der Waals surface area (Å²) in [6.07, 6.45) is 2.59. The molecule has 72 valence electrons. The molecule has 0 N–H and O–H groups in total. The molecule has 13 heavy (non-hydrogen) atoms. The molecule has 1 aromatic heterocycles. The van der Waals surface area contributed by atoms with Gasteiger partial charge in [-0.2, -0.15) is 11.3 Å². The predicted molar refractivity (Wildman–Crippen MR) is 64.2 cm³/mol. The van der Waals surface area contributed by atoms with Crippen molar-refractivity contribution in [3.05, 3.63) is 10.8 Å². The summed E-state index contributed by atoms with van der Waals surface area (Å²) in [5, 5.41) is 6.25. The number of hydrogen-bond acceptors (Lipinski definition) is 3. The minimum absolute atomic E-state index is 0.831. The van der Waals surface area contributed by atoms with E-state index in [0.717, 1.165) is 10.5 Å². The lowest BCUT2D eigenvalue weighted by Crippen LogP contribution is -2.20. The Hall–Kier alpha value is 0.400. The van der Waals surface area contributed by atoms with Crippen molar-refractivity contribution in [3.8, 4) is 0 Å². The molecule has 1 aliphatic rings. The highest BCUT2D eigenvalue weighted by molar-refractivity contribution is 8.06. The van der Waals surface area contributed by atoms with Crippen LogP contribution < -0.4 is 0 Å². The summed E-state index contributed by atoms with van der Waals surface area (Å²) in [5.74, 6) is 0. The first-order chi connectivity index (χ1) is 6.35. The molecular formula is C10H14S3. The van der Waals surface area contributed by atoms with Crippen molar-refractivity contribution in [1.29, 1.82) is 0 Å². The Kier molecular flexibility index (Phi) is 3.27. The standard InChI is InChI=1S/C10H14S3/c1-3-7-8(4-2)13-10-6-11-5-9(10)12-7/h5-8H,3-4H2,1-2H3/t7-,8-/m0/s1. The van der Waals surface area contributed by atoms with Crippen molar-refractivity contribution >= 4 is 34.9 Å². The molecule has 2 atom stereocenters. The van der Waals surface area contributed by atoms with Gasteiger partial charge < -0.3 is 0 Å². The van der Waals surface area contributed by atoms with Gasteiger partial charge in [0.05, 0.1) is 0 Å². The number of rotatable bonds is 2. The van der Waals surface area contributed by atoms with Crippen LogP contribution in [-0.2, 0) is 0 Å². The van der Waals surface area contributed by atoms with Crippen molar-refractivity contribution in [1.82, 2.24) is 0 Å². The molecule has 0 aliphatic carbocycles. The zero-order valence-electron chi connectivity index (χ0n) is 7.95. The van der Waals surface area contributed by atoms with Crippen LogP contribution in [0.15, 0.2) is 20.6 Å². The molecule has 2 rings (SSSR count). The van der Waals surface area contributed by atoms with E-state index in [1.54, 1.807) is 0 Å². The van der Waals surface area contributed by atoms with Gasteiger partial charge in [0.2, 0.25) is 0 Å². The summed E-state index contributed by atoms with van der Waals surface area (Å²) < 4.78 is 0. The first kappa shape index (κ1) is 9.94. The van der Waals surface area contributed by atoms with Crippen LogP contribution in [0.1, 0.15) is 26.7 Å². The summed E-state index contributed by atoms with van der Waals surface area (Å²) in [4.78, 5) is 3.04. The van der Waals surface area contributed by atoms with Crippen LogP contribution in [0.5, 0.6) is 0 Å². The van der Waals surface area contributed by atoms with Crippen molar-refractivity contribution in [2.45, 2.75) is 47.0 Å². The first-order valence-corrected chi connectivity index (χ1v) is 7.44. The van der Waals surface area contributed by atoms with E-state index in [4.69, 9.17) is 0 Å². The predicted octanol–water partition coefficient (Wildman–Crippen LogP) is 4.50. The SMILES string of the molecule is CC[C@@H]1Sc2cscc2S[C@H]1CC. The Balaban J connectivity index is 2.20. The number of hydrogen-bond donors (Lipinski definition) is 0. The van der Waals surface area contributed by atoms with Crippen LogP contribution in [0.25, 0.3) is 0 Å². The molecule has 0 unspecified atom stereocenters. The average Bonchev–Trinajstić information content (AvgIpc) is 2.62. The van der Waals surface area contributed by atoms with Gasteiger partial charge in [0.25, 0.3) is 0 Å². The van der Waals surface area contributed by atoms with Gasteiger partial charge in [0.1, 0.15) is 0 Å². The van der Waals surface area contributed by atoms with Gasteiger partial charge in [-0.25, -0.2) is 0 Å². The second-order valence-corrected chi connectivity index (χ2v) is 6.54. The summed E-state index contributed by atoms with van der Waals surface area (Å²) in [6, 6.07) is 0. The molecule has 0 saturated heterocycles. The third-order valence-electron chi connectivity index (χ3n) is 2.37. The molecule has 3 heteroatoms. The molecule has 2 heterocycles. The Morgan fingerprint density at radius 2 is 1.46 bits per heavy atom. The van der Waals surface area contributed by atoms with Crippen molar-refractivity contribution in [3.63, 3.8) is 0 Å². The fourth-order valence-corrected chi connectivity index (χ4v) is 5.76. The summed E-state index contributed by atoms with van der Waals surface area (Å²) in [7, 11) is 0. The van der Waals surface area contributed by atoms with E-state index in [2.05, 4.69) is 48.1 Å². The Morgan fingerprint density at radius 1 is 1.00 bits per heavy atom. The van der Waals surface area contributed by atoms with E-state index in [-0.39, 0.29) is 0 Å². The third kappa shape index (κ3) is 1.92. The maximum Gasteiger partial charge on any atom is 0.0318 e. The summed E-state index contributed by atoms with van der Waals surface area (Å²) in [6.45, 7) is 4.61. The lowest BCUT2D eigenvalue weighted by molar-refractivity contribution is 0.730. The molecule has 1 aliphatic heterocycles. The van der Waals surface area contributed by atoms with Crippen molar-refractivity contribution in [2.75, 3.05) is 0 Å². The van der Waals surface area contributed by atoms with E-state index in [1.165, 1.54) is 22.6 Å². The molecule has 0 radical (unpaired) electrons. The maximum absolute atomic E-state index is 2.30. The lowest BCUT2D eigenvalue weighted by atomic mass is 10.2. The maximum atomic E-state index is 2.30. The first-order valence-electron chi connectivity index (χ1n) is 4.74. The monoisotopic (exact) mass is 230 g/mol. The van der Waals surface area contributed by atoms with E-state index in [9.17, 15) is 0 Å². The van der Waals surface area contributed by atoms with Crippen LogP contribution in [0.3, 0.4) is 0 Å². The molecule has 0 nitrogen and oxygen atoms in total. The van der Waals surface area contributed by atoms with Gasteiger partial charge in [0.15, 0.2) is 0 Å². The molecule has 0 fully saturated rings.